The summed E-state index contributed by atoms with van der Waals surface area (Å²) in [4.78, 5) is 17.8. The first kappa shape index (κ1) is 15.7. The molecular formula is C5H11FO3. The lowest BCUT2D eigenvalue weighted by molar-refractivity contribution is -0.134. The van der Waals surface area contributed by atoms with E-state index in [9.17, 15) is 4.39 Å². The second-order valence-corrected chi connectivity index (χ2v) is 0.989. The zero-order valence-electron chi connectivity index (χ0n) is 4.64. The predicted octanol–water partition coefficient (Wildman–Crippen LogP) is 1.23. The zero-order chi connectivity index (χ0) is 7.15. The van der Waals surface area contributed by atoms with Crippen LogP contribution < -0.4 is 0 Å². The largest absolute Gasteiger partial charge is 0.481 e. The van der Waals surface area contributed by atoms with Gasteiger partial charge in [-0.25, -0.2) is 0 Å². The monoisotopic (exact) mass is 140 g/mol. The summed E-state index contributed by atoms with van der Waals surface area (Å²) in [5.74, 6) is -0.833. The Labute approximate surface area is 53.5 Å². The quantitative estimate of drug-likeness (QED) is 0.406. The van der Waals surface area contributed by atoms with E-state index in [1.807, 2.05) is 0 Å². The number of carboxylic acid groups (broad SMARTS) is 1. The smallest absolute Gasteiger partial charge is 0.300 e. The normalized spacial score (nSPS) is 5.67. The van der Waals surface area contributed by atoms with E-state index >= 15 is 0 Å². The van der Waals surface area contributed by atoms with Crippen molar-refractivity contribution in [3.05, 3.63) is 0 Å². The molecule has 0 saturated heterocycles. The lowest BCUT2D eigenvalue weighted by atomic mass is 11.3. The van der Waals surface area contributed by atoms with Crippen molar-refractivity contribution in [2.45, 2.75) is 21.3 Å². The Morgan fingerprint density at radius 2 is 1.33 bits per heavy atom. The number of halogens is 1. The summed E-state index contributed by atoms with van der Waals surface area (Å²) in [6.45, 7) is 1.94. The molecule has 0 aliphatic rings. The van der Waals surface area contributed by atoms with Crippen molar-refractivity contribution in [1.82, 2.24) is 0 Å². The topological polar surface area (TPSA) is 54.4 Å². The van der Waals surface area contributed by atoms with Crippen molar-refractivity contribution in [3.8, 4) is 0 Å². The van der Waals surface area contributed by atoms with Gasteiger partial charge in [-0.1, -0.05) is 7.43 Å². The molecule has 0 unspecified atom stereocenters. The van der Waals surface area contributed by atoms with E-state index < -0.39 is 12.0 Å². The molecule has 56 valence electrons. The molecule has 9 heavy (non-hydrogen) atoms. The van der Waals surface area contributed by atoms with E-state index in [-0.39, 0.29) is 7.43 Å². The summed E-state index contributed by atoms with van der Waals surface area (Å²) < 4.78 is 10.4. The molecule has 4 heteroatoms. The highest BCUT2D eigenvalue weighted by Gasteiger charge is 1.69. The van der Waals surface area contributed by atoms with Gasteiger partial charge < -0.3 is 5.11 Å². The number of carbonyl (C=O) groups excluding carboxylic acids is 1. The molecule has 0 aromatic carbocycles. The van der Waals surface area contributed by atoms with E-state index in [2.05, 4.69) is 0 Å². The number of rotatable bonds is 0. The molecule has 3 nitrogen and oxygen atoms in total. The van der Waals surface area contributed by atoms with Gasteiger partial charge in [0.05, 0.1) is 0 Å². The molecule has 0 amide bonds. The number of carboxylic acids is 1. The van der Waals surface area contributed by atoms with Gasteiger partial charge in [0.25, 0.3) is 12.0 Å². The molecule has 0 rings (SSSR count). The first-order valence-electron chi connectivity index (χ1n) is 1.82. The lowest BCUT2D eigenvalue weighted by Gasteiger charge is -1.59. The summed E-state index contributed by atoms with van der Waals surface area (Å²) in [6.07, 6.45) is 0. The van der Waals surface area contributed by atoms with E-state index in [0.29, 0.717) is 0 Å². The number of hydrogen-bond acceptors (Lipinski definition) is 2. The van der Waals surface area contributed by atoms with Crippen molar-refractivity contribution in [1.29, 1.82) is 0 Å². The highest BCUT2D eigenvalue weighted by molar-refractivity contribution is 5.64. The highest BCUT2D eigenvalue weighted by atomic mass is 19.2. The van der Waals surface area contributed by atoms with E-state index in [0.717, 1.165) is 13.8 Å². The number of carbonyl (C=O) groups is 2. The van der Waals surface area contributed by atoms with Gasteiger partial charge >= 0.3 is 0 Å². The summed E-state index contributed by atoms with van der Waals surface area (Å²) >= 11 is 0. The van der Waals surface area contributed by atoms with Crippen molar-refractivity contribution in [3.63, 3.8) is 0 Å². The van der Waals surface area contributed by atoms with Gasteiger partial charge in [-0.15, -0.1) is 0 Å². The van der Waals surface area contributed by atoms with Crippen LogP contribution in [0.2, 0.25) is 0 Å². The van der Waals surface area contributed by atoms with Crippen LogP contribution in [0.25, 0.3) is 0 Å². The fourth-order valence-electron chi connectivity index (χ4n) is 0. The van der Waals surface area contributed by atoms with Crippen LogP contribution in [0.1, 0.15) is 21.3 Å². The molecule has 0 aliphatic heterocycles. The molecule has 0 spiro atoms. The number of aliphatic carboxylic acids is 1. The molecular weight excluding hydrogens is 129 g/mol. The van der Waals surface area contributed by atoms with Crippen LogP contribution in [0.3, 0.4) is 0 Å². The van der Waals surface area contributed by atoms with Gasteiger partial charge in [0.2, 0.25) is 0 Å². The average Bonchev–Trinajstić information content (AvgIpc) is 1.25. The van der Waals surface area contributed by atoms with Gasteiger partial charge in [-0.3, -0.25) is 9.59 Å². The van der Waals surface area contributed by atoms with Gasteiger partial charge in [-0.2, -0.15) is 4.39 Å². The Hall–Kier alpha value is -0.930. The summed E-state index contributed by atoms with van der Waals surface area (Å²) in [7, 11) is 0. The van der Waals surface area contributed by atoms with Gasteiger partial charge in [0.1, 0.15) is 0 Å². The number of hydrogen-bond donors (Lipinski definition) is 1. The minimum Gasteiger partial charge on any atom is -0.481 e. The first-order chi connectivity index (χ1) is 3.46. The van der Waals surface area contributed by atoms with Crippen molar-refractivity contribution >= 4 is 12.0 Å². The van der Waals surface area contributed by atoms with Crippen LogP contribution >= 0.6 is 0 Å². The molecule has 0 atom stereocenters. The van der Waals surface area contributed by atoms with E-state index in [4.69, 9.17) is 14.7 Å². The molecule has 0 heterocycles. The Balaban J connectivity index is -0.0000000720. The molecule has 0 aromatic rings. The lowest BCUT2D eigenvalue weighted by Crippen LogP contribution is -1.78. The standard InChI is InChI=1S/C2H3FO.C2H4O2.CH4/c2*1-2(3)4;/h1H3;1H3,(H,3,4);1H4/i2*2+1;. The molecule has 0 radical (unpaired) electrons. The van der Waals surface area contributed by atoms with Crippen LogP contribution in [-0.4, -0.2) is 17.1 Å². The maximum Gasteiger partial charge on any atom is 0.300 e. The van der Waals surface area contributed by atoms with Gasteiger partial charge in [-0.05, 0) is 0 Å². The second kappa shape index (κ2) is 10.1. The minimum absolute atomic E-state index is 0. The van der Waals surface area contributed by atoms with Crippen LogP contribution in [-0.2, 0) is 9.59 Å². The zero-order valence-corrected chi connectivity index (χ0v) is 4.64. The van der Waals surface area contributed by atoms with Crippen LogP contribution in [0, 0.1) is 0 Å². The van der Waals surface area contributed by atoms with Crippen molar-refractivity contribution < 1.29 is 19.1 Å². The Bertz CT molecular complexity index is 70.2. The Kier molecular flexibility index (Phi) is 17.7. The van der Waals surface area contributed by atoms with Crippen LogP contribution in [0.4, 0.5) is 4.39 Å². The fourth-order valence-corrected chi connectivity index (χ4v) is 0. The first-order valence-corrected chi connectivity index (χ1v) is 1.82. The van der Waals surface area contributed by atoms with Crippen molar-refractivity contribution in [2.24, 2.45) is 0 Å². The van der Waals surface area contributed by atoms with E-state index in [1.165, 1.54) is 0 Å². The molecule has 1 N–H and O–H groups in total. The molecule has 0 bridgehead atoms. The maximum atomic E-state index is 10.4. The second-order valence-electron chi connectivity index (χ2n) is 0.989. The minimum atomic E-state index is -1.33. The summed E-state index contributed by atoms with van der Waals surface area (Å²) in [6, 6.07) is -1.33. The third-order valence-electron chi connectivity index (χ3n) is 0. The van der Waals surface area contributed by atoms with Gasteiger partial charge in [0, 0.05) is 13.8 Å². The predicted molar refractivity (Wildman–Crippen MR) is 31.8 cm³/mol. The molecule has 0 fully saturated rings. The van der Waals surface area contributed by atoms with E-state index in [1.54, 1.807) is 0 Å². The maximum absolute atomic E-state index is 10.4. The fraction of sp³-hybridized carbons (Fsp3) is 0.600. The Morgan fingerprint density at radius 3 is 1.33 bits per heavy atom. The molecule has 0 saturated carbocycles. The third-order valence-corrected chi connectivity index (χ3v) is 0. The van der Waals surface area contributed by atoms with Crippen molar-refractivity contribution in [2.75, 3.05) is 0 Å². The SMILES string of the molecule is C.C[13C](=O)F.C[13C](=O)O. The summed E-state index contributed by atoms with van der Waals surface area (Å²) in [5, 5.41) is 7.42. The van der Waals surface area contributed by atoms with Gasteiger partial charge in [0.15, 0.2) is 0 Å². The molecule has 0 aromatic heterocycles. The highest BCUT2D eigenvalue weighted by Crippen LogP contribution is 1.58. The molecule has 0 aliphatic carbocycles. The average molecular weight is 140 g/mol. The Morgan fingerprint density at radius 1 is 1.33 bits per heavy atom. The van der Waals surface area contributed by atoms with Crippen LogP contribution in [0.5, 0.6) is 0 Å². The third kappa shape index (κ3) is 210. The van der Waals surface area contributed by atoms with Crippen LogP contribution in [0.15, 0.2) is 0 Å². The summed E-state index contributed by atoms with van der Waals surface area (Å²) in [5.41, 5.74) is 0.